The zero-order valence-electron chi connectivity index (χ0n) is 17.6. The molecular formula is C22H29N3O4S. The van der Waals surface area contributed by atoms with Crippen molar-refractivity contribution in [1.29, 1.82) is 0 Å². The van der Waals surface area contributed by atoms with E-state index in [-0.39, 0.29) is 16.8 Å². The molecule has 1 heterocycles. The zero-order valence-corrected chi connectivity index (χ0v) is 18.4. The summed E-state index contributed by atoms with van der Waals surface area (Å²) in [5.41, 5.74) is 1.10. The number of nitrogens with zero attached hydrogens (tertiary/aromatic N) is 2. The van der Waals surface area contributed by atoms with E-state index in [1.807, 2.05) is 44.2 Å². The highest BCUT2D eigenvalue weighted by molar-refractivity contribution is 7.89. The Labute approximate surface area is 178 Å². The van der Waals surface area contributed by atoms with Gasteiger partial charge in [-0.3, -0.25) is 4.79 Å². The number of para-hydroxylation sites is 1. The molecule has 1 aliphatic heterocycles. The fraction of sp³-hybridized carbons (Fsp3) is 0.409. The van der Waals surface area contributed by atoms with Crippen molar-refractivity contribution in [3.8, 4) is 5.75 Å². The van der Waals surface area contributed by atoms with Gasteiger partial charge in [-0.05, 0) is 57.2 Å². The lowest BCUT2D eigenvalue weighted by Crippen LogP contribution is -2.48. The van der Waals surface area contributed by atoms with Crippen LogP contribution in [0.4, 0.5) is 5.69 Å². The largest absolute Gasteiger partial charge is 0.481 e. The van der Waals surface area contributed by atoms with Crippen LogP contribution in [0, 0.1) is 0 Å². The minimum absolute atomic E-state index is 0.0263. The summed E-state index contributed by atoms with van der Waals surface area (Å²) in [6.45, 7) is 7.58. The maximum Gasteiger partial charge on any atom is 0.260 e. The molecule has 0 radical (unpaired) electrons. The van der Waals surface area contributed by atoms with Crippen LogP contribution in [0.2, 0.25) is 0 Å². The summed E-state index contributed by atoms with van der Waals surface area (Å²) in [4.78, 5) is 14.4. The van der Waals surface area contributed by atoms with E-state index in [9.17, 15) is 13.2 Å². The van der Waals surface area contributed by atoms with Gasteiger partial charge in [0.15, 0.2) is 6.10 Å². The number of carbonyl (C=O) groups excluding carboxylic acids is 1. The van der Waals surface area contributed by atoms with E-state index in [0.717, 1.165) is 5.69 Å². The van der Waals surface area contributed by atoms with Crippen molar-refractivity contribution in [2.24, 2.45) is 0 Å². The first kappa shape index (κ1) is 22.1. The molecule has 0 saturated carbocycles. The molecule has 8 heteroatoms. The van der Waals surface area contributed by atoms with Gasteiger partial charge in [-0.2, -0.15) is 4.31 Å². The van der Waals surface area contributed by atoms with Crippen molar-refractivity contribution >= 4 is 21.6 Å². The van der Waals surface area contributed by atoms with Gasteiger partial charge in [-0.15, -0.1) is 0 Å². The summed E-state index contributed by atoms with van der Waals surface area (Å²) >= 11 is 0. The van der Waals surface area contributed by atoms with Crippen LogP contribution >= 0.6 is 0 Å². The molecule has 2 aromatic carbocycles. The van der Waals surface area contributed by atoms with E-state index in [1.54, 1.807) is 19.1 Å². The molecule has 30 heavy (non-hydrogen) atoms. The van der Waals surface area contributed by atoms with Crippen molar-refractivity contribution in [2.45, 2.75) is 37.8 Å². The second-order valence-corrected chi connectivity index (χ2v) is 9.56. The molecule has 3 rings (SSSR count). The molecule has 1 fully saturated rings. The molecule has 1 amide bonds. The number of nitrogens with one attached hydrogen (secondary N) is 1. The number of ether oxygens (including phenoxy) is 1. The van der Waals surface area contributed by atoms with E-state index in [0.29, 0.717) is 31.9 Å². The molecule has 1 aliphatic rings. The highest BCUT2D eigenvalue weighted by Gasteiger charge is 2.28. The Morgan fingerprint density at radius 1 is 0.933 bits per heavy atom. The third-order valence-corrected chi connectivity index (χ3v) is 6.85. The van der Waals surface area contributed by atoms with Crippen molar-refractivity contribution in [1.82, 2.24) is 9.62 Å². The molecule has 162 valence electrons. The average Bonchev–Trinajstić information content (AvgIpc) is 2.74. The third-order valence-electron chi connectivity index (χ3n) is 4.93. The summed E-state index contributed by atoms with van der Waals surface area (Å²) in [5.74, 6) is 0.243. The molecule has 0 spiro atoms. The predicted molar refractivity (Wildman–Crippen MR) is 117 cm³/mol. The Kier molecular flexibility index (Phi) is 6.99. The second kappa shape index (κ2) is 9.49. The molecule has 0 aliphatic carbocycles. The summed E-state index contributed by atoms with van der Waals surface area (Å²) in [5, 5.41) is 2.79. The van der Waals surface area contributed by atoms with Crippen LogP contribution in [0.5, 0.6) is 5.75 Å². The molecule has 1 saturated heterocycles. The number of sulfonamides is 1. The average molecular weight is 432 g/mol. The molecule has 1 atom stereocenters. The number of amides is 1. The lowest BCUT2D eigenvalue weighted by atomic mass is 10.2. The van der Waals surface area contributed by atoms with E-state index >= 15 is 0 Å². The van der Waals surface area contributed by atoms with Crippen molar-refractivity contribution in [2.75, 3.05) is 31.1 Å². The normalized spacial score (nSPS) is 16.3. The second-order valence-electron chi connectivity index (χ2n) is 7.62. The lowest BCUT2D eigenvalue weighted by molar-refractivity contribution is -0.127. The minimum atomic E-state index is -3.57. The number of hydrogen-bond acceptors (Lipinski definition) is 5. The quantitative estimate of drug-likeness (QED) is 0.729. The first-order valence-corrected chi connectivity index (χ1v) is 11.6. The van der Waals surface area contributed by atoms with Crippen LogP contribution in [0.15, 0.2) is 59.5 Å². The Morgan fingerprint density at radius 2 is 1.53 bits per heavy atom. The van der Waals surface area contributed by atoms with Crippen LogP contribution in [-0.2, 0) is 14.8 Å². The van der Waals surface area contributed by atoms with E-state index < -0.39 is 16.1 Å². The van der Waals surface area contributed by atoms with E-state index in [2.05, 4.69) is 10.2 Å². The smallest absolute Gasteiger partial charge is 0.260 e. The van der Waals surface area contributed by atoms with Crippen LogP contribution < -0.4 is 15.0 Å². The predicted octanol–water partition coefficient (Wildman–Crippen LogP) is 2.49. The molecule has 0 bridgehead atoms. The number of hydrogen-bond donors (Lipinski definition) is 1. The number of rotatable bonds is 7. The Morgan fingerprint density at radius 3 is 2.10 bits per heavy atom. The molecule has 0 unspecified atom stereocenters. The van der Waals surface area contributed by atoms with Crippen molar-refractivity contribution in [3.05, 3.63) is 54.6 Å². The zero-order chi connectivity index (χ0) is 21.7. The van der Waals surface area contributed by atoms with Gasteiger partial charge in [0.25, 0.3) is 5.91 Å². The van der Waals surface area contributed by atoms with E-state index in [1.165, 1.54) is 16.4 Å². The Hall–Kier alpha value is -2.58. The highest BCUT2D eigenvalue weighted by atomic mass is 32.2. The van der Waals surface area contributed by atoms with Gasteiger partial charge in [-0.1, -0.05) is 18.2 Å². The fourth-order valence-electron chi connectivity index (χ4n) is 3.32. The first-order valence-electron chi connectivity index (χ1n) is 10.1. The SMILES string of the molecule is CC(C)NC(=O)[C@@H](C)Oc1ccc(S(=O)(=O)N2CCN(c3ccccc3)CC2)cc1. The molecule has 2 aromatic rings. The fourth-order valence-corrected chi connectivity index (χ4v) is 4.75. The first-order chi connectivity index (χ1) is 14.3. The minimum Gasteiger partial charge on any atom is -0.481 e. The van der Waals surface area contributed by atoms with E-state index in [4.69, 9.17) is 4.74 Å². The monoisotopic (exact) mass is 431 g/mol. The number of carbonyl (C=O) groups is 1. The highest BCUT2D eigenvalue weighted by Crippen LogP contribution is 2.23. The maximum atomic E-state index is 13.0. The van der Waals surface area contributed by atoms with Gasteiger partial charge in [0.05, 0.1) is 4.90 Å². The van der Waals surface area contributed by atoms with Gasteiger partial charge in [0.1, 0.15) is 5.75 Å². The molecule has 7 nitrogen and oxygen atoms in total. The standard InChI is InChI=1S/C22H29N3O4S/c1-17(2)23-22(26)18(3)29-20-9-11-21(12-10-20)30(27,28)25-15-13-24(14-16-25)19-7-5-4-6-8-19/h4-12,17-18H,13-16H2,1-3H3,(H,23,26)/t18-/m1/s1. The third kappa shape index (κ3) is 5.31. The van der Waals surface area contributed by atoms with Gasteiger partial charge in [-0.25, -0.2) is 8.42 Å². The van der Waals surface area contributed by atoms with Crippen molar-refractivity contribution in [3.63, 3.8) is 0 Å². The molecule has 1 N–H and O–H groups in total. The summed E-state index contributed by atoms with van der Waals surface area (Å²) in [6, 6.07) is 16.3. The van der Waals surface area contributed by atoms with Gasteiger partial charge in [0, 0.05) is 37.9 Å². The van der Waals surface area contributed by atoms with Crippen LogP contribution in [0.25, 0.3) is 0 Å². The number of benzene rings is 2. The summed E-state index contributed by atoms with van der Waals surface area (Å²) in [6.07, 6.45) is -0.666. The Balaban J connectivity index is 1.61. The molecule has 0 aromatic heterocycles. The maximum absolute atomic E-state index is 13.0. The topological polar surface area (TPSA) is 78.9 Å². The lowest BCUT2D eigenvalue weighted by Gasteiger charge is -2.35. The van der Waals surface area contributed by atoms with Gasteiger partial charge < -0.3 is 15.0 Å². The summed E-state index contributed by atoms with van der Waals surface area (Å²) < 4.78 is 33.1. The number of anilines is 1. The summed E-state index contributed by atoms with van der Waals surface area (Å²) in [7, 11) is -3.57. The molecular weight excluding hydrogens is 402 g/mol. The van der Waals surface area contributed by atoms with Crippen LogP contribution in [0.1, 0.15) is 20.8 Å². The van der Waals surface area contributed by atoms with Gasteiger partial charge in [0.2, 0.25) is 10.0 Å². The van der Waals surface area contributed by atoms with Crippen LogP contribution in [-0.4, -0.2) is 57.0 Å². The van der Waals surface area contributed by atoms with Crippen molar-refractivity contribution < 1.29 is 17.9 Å². The number of piperazine rings is 1. The van der Waals surface area contributed by atoms with Crippen LogP contribution in [0.3, 0.4) is 0 Å². The van der Waals surface area contributed by atoms with Gasteiger partial charge >= 0.3 is 0 Å². The Bertz CT molecular complexity index is 938.